The summed E-state index contributed by atoms with van der Waals surface area (Å²) in [5.41, 5.74) is -1.85. The number of rotatable bonds is 10. The summed E-state index contributed by atoms with van der Waals surface area (Å²) in [4.78, 5) is 47.4. The number of ether oxygens (including phenoxy) is 2. The minimum Gasteiger partial charge on any atom is -0.444 e. The van der Waals surface area contributed by atoms with Crippen molar-refractivity contribution < 1.29 is 28.7 Å². The molecule has 0 spiro atoms. The van der Waals surface area contributed by atoms with Crippen LogP contribution in [0.25, 0.3) is 0 Å². The van der Waals surface area contributed by atoms with Gasteiger partial charge in [0.2, 0.25) is 11.8 Å². The SMILES string of the molecule is CCC(C)(CNC(=O)CCNC(=O)OC(C)(C)C)NC(=O)CCNC(=O)OC(C)(C)C. The van der Waals surface area contributed by atoms with Gasteiger partial charge in [-0.3, -0.25) is 9.59 Å². The summed E-state index contributed by atoms with van der Waals surface area (Å²) in [5, 5.41) is 10.7. The smallest absolute Gasteiger partial charge is 0.407 e. The van der Waals surface area contributed by atoms with Gasteiger partial charge in [-0.05, 0) is 54.9 Å². The minimum atomic E-state index is -0.642. The summed E-state index contributed by atoms with van der Waals surface area (Å²) in [5.74, 6) is -0.502. The zero-order valence-electron chi connectivity index (χ0n) is 20.2. The largest absolute Gasteiger partial charge is 0.444 e. The molecule has 0 aliphatic rings. The lowest BCUT2D eigenvalue weighted by Gasteiger charge is -2.30. The maximum atomic E-state index is 12.2. The van der Waals surface area contributed by atoms with Crippen LogP contribution in [-0.4, -0.2) is 60.4 Å². The van der Waals surface area contributed by atoms with Crippen LogP contribution in [0, 0.1) is 0 Å². The maximum absolute atomic E-state index is 12.2. The van der Waals surface area contributed by atoms with Crippen molar-refractivity contribution in [2.45, 2.75) is 91.4 Å². The first-order valence-electron chi connectivity index (χ1n) is 10.6. The number of hydrogen-bond donors (Lipinski definition) is 4. The van der Waals surface area contributed by atoms with Crippen LogP contribution in [0.1, 0.15) is 74.7 Å². The van der Waals surface area contributed by atoms with E-state index in [2.05, 4.69) is 21.3 Å². The van der Waals surface area contributed by atoms with Crippen LogP contribution in [0.5, 0.6) is 0 Å². The van der Waals surface area contributed by atoms with Gasteiger partial charge < -0.3 is 30.7 Å². The molecule has 0 heterocycles. The van der Waals surface area contributed by atoms with Crippen molar-refractivity contribution in [2.24, 2.45) is 0 Å². The Bertz CT molecular complexity index is 624. The molecule has 0 radical (unpaired) electrons. The van der Waals surface area contributed by atoms with E-state index in [4.69, 9.17) is 9.47 Å². The number of amides is 4. The Hall–Kier alpha value is -2.52. The third-order valence-corrected chi connectivity index (χ3v) is 3.94. The standard InChI is InChI=1S/C21H40N4O6/c1-9-21(8,25-16(27)11-13-23-18(29)31-20(5,6)7)14-24-15(26)10-12-22-17(28)30-19(2,3)4/h9-14H2,1-8H3,(H,22,28)(H,23,29)(H,24,26)(H,25,27). The van der Waals surface area contributed by atoms with Crippen LogP contribution in [-0.2, 0) is 19.1 Å². The average molecular weight is 445 g/mol. The molecule has 1 unspecified atom stereocenters. The van der Waals surface area contributed by atoms with E-state index >= 15 is 0 Å². The second kappa shape index (κ2) is 12.4. The molecule has 4 amide bonds. The molecule has 0 aliphatic heterocycles. The summed E-state index contributed by atoms with van der Waals surface area (Å²) in [6.45, 7) is 14.8. The molecule has 0 bridgehead atoms. The van der Waals surface area contributed by atoms with Crippen LogP contribution in [0.15, 0.2) is 0 Å². The lowest BCUT2D eigenvalue weighted by molar-refractivity contribution is -0.124. The highest BCUT2D eigenvalue weighted by Gasteiger charge is 2.25. The van der Waals surface area contributed by atoms with Gasteiger partial charge in [-0.1, -0.05) is 6.92 Å². The third kappa shape index (κ3) is 15.9. The third-order valence-electron chi connectivity index (χ3n) is 3.94. The summed E-state index contributed by atoms with van der Waals surface area (Å²) in [6.07, 6.45) is -0.388. The maximum Gasteiger partial charge on any atom is 0.407 e. The Morgan fingerprint density at radius 2 is 1.10 bits per heavy atom. The Balaban J connectivity index is 4.26. The second-order valence-corrected chi connectivity index (χ2v) is 9.60. The molecule has 1 atom stereocenters. The van der Waals surface area contributed by atoms with Crippen LogP contribution >= 0.6 is 0 Å². The van der Waals surface area contributed by atoms with Gasteiger partial charge in [0.25, 0.3) is 0 Å². The summed E-state index contributed by atoms with van der Waals surface area (Å²) in [6, 6.07) is 0. The van der Waals surface area contributed by atoms with E-state index in [1.54, 1.807) is 41.5 Å². The number of nitrogens with one attached hydrogen (secondary N) is 4. The first kappa shape index (κ1) is 28.5. The lowest BCUT2D eigenvalue weighted by atomic mass is 9.98. The lowest BCUT2D eigenvalue weighted by Crippen LogP contribution is -2.53. The number of carbonyl (C=O) groups is 4. The Morgan fingerprint density at radius 3 is 1.48 bits per heavy atom. The Morgan fingerprint density at radius 1 is 0.677 bits per heavy atom. The van der Waals surface area contributed by atoms with Crippen LogP contribution in [0.3, 0.4) is 0 Å². The van der Waals surface area contributed by atoms with E-state index in [-0.39, 0.29) is 44.3 Å². The zero-order valence-corrected chi connectivity index (χ0v) is 20.2. The molecule has 0 saturated heterocycles. The first-order chi connectivity index (χ1) is 14.1. The Labute approximate surface area is 185 Å². The minimum absolute atomic E-state index is 0.0859. The number of hydrogen-bond acceptors (Lipinski definition) is 6. The van der Waals surface area contributed by atoms with Gasteiger partial charge in [0.1, 0.15) is 11.2 Å². The topological polar surface area (TPSA) is 135 Å². The molecule has 0 aromatic heterocycles. The van der Waals surface area contributed by atoms with Crippen LogP contribution < -0.4 is 21.3 Å². The van der Waals surface area contributed by atoms with Gasteiger partial charge in [0.15, 0.2) is 0 Å². The summed E-state index contributed by atoms with van der Waals surface area (Å²) in [7, 11) is 0. The summed E-state index contributed by atoms with van der Waals surface area (Å²) < 4.78 is 10.2. The highest BCUT2D eigenvalue weighted by molar-refractivity contribution is 5.79. The average Bonchev–Trinajstić information content (AvgIpc) is 2.56. The molecular formula is C21H40N4O6. The van der Waals surface area contributed by atoms with Gasteiger partial charge in [-0.2, -0.15) is 0 Å². The molecule has 0 saturated carbocycles. The van der Waals surface area contributed by atoms with Gasteiger partial charge in [-0.15, -0.1) is 0 Å². The van der Waals surface area contributed by atoms with E-state index in [1.165, 1.54) is 0 Å². The van der Waals surface area contributed by atoms with Crippen LogP contribution in [0.2, 0.25) is 0 Å². The molecule has 0 aliphatic carbocycles. The normalized spacial score (nSPS) is 13.4. The van der Waals surface area contributed by atoms with Gasteiger partial charge >= 0.3 is 12.2 Å². The Kier molecular flexibility index (Phi) is 11.4. The fourth-order valence-corrected chi connectivity index (χ4v) is 2.22. The molecule has 0 aromatic carbocycles. The fourth-order valence-electron chi connectivity index (χ4n) is 2.22. The van der Waals surface area contributed by atoms with E-state index in [1.807, 2.05) is 13.8 Å². The molecule has 0 fully saturated rings. The van der Waals surface area contributed by atoms with Crippen molar-refractivity contribution in [1.29, 1.82) is 0 Å². The molecule has 4 N–H and O–H groups in total. The fraction of sp³-hybridized carbons (Fsp3) is 0.810. The predicted octanol–water partition coefficient (Wildman–Crippen LogP) is 2.22. The van der Waals surface area contributed by atoms with E-state index < -0.39 is 28.9 Å². The van der Waals surface area contributed by atoms with Gasteiger partial charge in [-0.25, -0.2) is 9.59 Å². The van der Waals surface area contributed by atoms with Crippen molar-refractivity contribution in [3.63, 3.8) is 0 Å². The molecule has 31 heavy (non-hydrogen) atoms. The zero-order chi connectivity index (χ0) is 24.3. The second-order valence-electron chi connectivity index (χ2n) is 9.60. The highest BCUT2D eigenvalue weighted by Crippen LogP contribution is 2.09. The van der Waals surface area contributed by atoms with Crippen molar-refractivity contribution >= 4 is 24.0 Å². The van der Waals surface area contributed by atoms with E-state index in [9.17, 15) is 19.2 Å². The van der Waals surface area contributed by atoms with Gasteiger partial charge in [0.05, 0.1) is 5.54 Å². The number of carbonyl (C=O) groups excluding carboxylic acids is 4. The van der Waals surface area contributed by atoms with Gasteiger partial charge in [0, 0.05) is 32.5 Å². The summed E-state index contributed by atoms with van der Waals surface area (Å²) >= 11 is 0. The van der Waals surface area contributed by atoms with Crippen molar-refractivity contribution in [3.05, 3.63) is 0 Å². The van der Waals surface area contributed by atoms with Crippen molar-refractivity contribution in [2.75, 3.05) is 19.6 Å². The first-order valence-corrected chi connectivity index (χ1v) is 10.6. The molecular weight excluding hydrogens is 404 g/mol. The molecule has 10 heteroatoms. The number of alkyl carbamates (subject to hydrolysis) is 2. The predicted molar refractivity (Wildman–Crippen MR) is 118 cm³/mol. The monoisotopic (exact) mass is 444 g/mol. The quantitative estimate of drug-likeness (QED) is 0.408. The molecule has 10 nitrogen and oxygen atoms in total. The molecule has 0 rings (SSSR count). The van der Waals surface area contributed by atoms with Crippen molar-refractivity contribution in [1.82, 2.24) is 21.3 Å². The highest BCUT2D eigenvalue weighted by atomic mass is 16.6. The van der Waals surface area contributed by atoms with Crippen LogP contribution in [0.4, 0.5) is 9.59 Å². The molecule has 0 aromatic rings. The van der Waals surface area contributed by atoms with E-state index in [0.29, 0.717) is 6.42 Å². The van der Waals surface area contributed by atoms with Crippen molar-refractivity contribution in [3.8, 4) is 0 Å². The van der Waals surface area contributed by atoms with E-state index in [0.717, 1.165) is 0 Å². The molecule has 180 valence electrons.